The van der Waals surface area contributed by atoms with Crippen molar-refractivity contribution in [1.29, 1.82) is 0 Å². The smallest absolute Gasteiger partial charge is 0.247 e. The van der Waals surface area contributed by atoms with Gasteiger partial charge in [0.25, 0.3) is 0 Å². The summed E-state index contributed by atoms with van der Waals surface area (Å²) in [4.78, 5) is 12.7. The van der Waals surface area contributed by atoms with Crippen molar-refractivity contribution < 1.29 is 11.0 Å². The maximum absolute atomic E-state index is 10.2. The van der Waals surface area contributed by atoms with Crippen LogP contribution in [-0.4, -0.2) is 15.9 Å². The topological polar surface area (TPSA) is 95.9 Å². The van der Waals surface area contributed by atoms with Crippen molar-refractivity contribution in [3.8, 4) is 0 Å². The standard InChI is InChI=1S/C5H5NO.2H2O/c7-5-3-1-2-4-6-5;;/h1-4H,(H,6,7);2*1H2. The molecule has 0 atom stereocenters. The summed E-state index contributed by atoms with van der Waals surface area (Å²) in [5.41, 5.74) is -0.0532. The van der Waals surface area contributed by atoms with Gasteiger partial charge in [0.1, 0.15) is 0 Å². The van der Waals surface area contributed by atoms with E-state index in [2.05, 4.69) is 4.98 Å². The minimum atomic E-state index is -0.0532. The van der Waals surface area contributed by atoms with Gasteiger partial charge in [-0.2, -0.15) is 0 Å². The Labute approximate surface area is 51.8 Å². The highest BCUT2D eigenvalue weighted by Crippen LogP contribution is 1.67. The quantitative estimate of drug-likeness (QED) is 0.466. The molecular weight excluding hydrogens is 122 g/mol. The molecule has 1 heterocycles. The first-order chi connectivity index (χ1) is 3.39. The molecule has 0 radical (unpaired) electrons. The second kappa shape index (κ2) is 5.02. The summed E-state index contributed by atoms with van der Waals surface area (Å²) in [5, 5.41) is 0. The Hall–Kier alpha value is -1.13. The van der Waals surface area contributed by atoms with Crippen LogP contribution in [-0.2, 0) is 0 Å². The van der Waals surface area contributed by atoms with Gasteiger partial charge in [-0.1, -0.05) is 6.07 Å². The van der Waals surface area contributed by atoms with Gasteiger partial charge in [-0.15, -0.1) is 0 Å². The number of aromatic nitrogens is 1. The van der Waals surface area contributed by atoms with Crippen molar-refractivity contribution in [2.75, 3.05) is 0 Å². The zero-order valence-corrected chi connectivity index (χ0v) is 4.72. The molecule has 0 aromatic carbocycles. The molecule has 0 aliphatic rings. The van der Waals surface area contributed by atoms with Gasteiger partial charge in [-0.05, 0) is 6.07 Å². The van der Waals surface area contributed by atoms with Crippen LogP contribution in [0.3, 0.4) is 0 Å². The first-order valence-corrected chi connectivity index (χ1v) is 2.03. The predicted octanol–water partition coefficient (Wildman–Crippen LogP) is -1.27. The van der Waals surface area contributed by atoms with Gasteiger partial charge in [0.15, 0.2) is 0 Å². The van der Waals surface area contributed by atoms with Gasteiger partial charge in [0, 0.05) is 12.3 Å². The summed E-state index contributed by atoms with van der Waals surface area (Å²) in [6, 6.07) is 4.93. The molecule has 0 aliphatic carbocycles. The van der Waals surface area contributed by atoms with Crippen LogP contribution in [0.5, 0.6) is 0 Å². The van der Waals surface area contributed by atoms with Gasteiger partial charge < -0.3 is 15.9 Å². The largest absolute Gasteiger partial charge is 0.412 e. The van der Waals surface area contributed by atoms with E-state index in [9.17, 15) is 4.79 Å². The highest BCUT2D eigenvalue weighted by Gasteiger charge is 1.69. The molecule has 0 amide bonds. The molecule has 1 aromatic rings. The van der Waals surface area contributed by atoms with Gasteiger partial charge in [0.2, 0.25) is 5.56 Å². The zero-order chi connectivity index (χ0) is 5.11. The maximum Gasteiger partial charge on any atom is 0.247 e. The fourth-order valence-electron chi connectivity index (χ4n) is 0.377. The normalized spacial score (nSPS) is 6.67. The molecule has 0 unspecified atom stereocenters. The van der Waals surface area contributed by atoms with E-state index >= 15 is 0 Å². The van der Waals surface area contributed by atoms with Crippen LogP contribution in [0.1, 0.15) is 0 Å². The summed E-state index contributed by atoms with van der Waals surface area (Å²) >= 11 is 0. The summed E-state index contributed by atoms with van der Waals surface area (Å²) in [5.74, 6) is 0. The van der Waals surface area contributed by atoms with E-state index in [0.717, 1.165) is 0 Å². The van der Waals surface area contributed by atoms with Crippen LogP contribution in [0.15, 0.2) is 29.2 Å². The Morgan fingerprint density at radius 2 is 1.89 bits per heavy atom. The van der Waals surface area contributed by atoms with Crippen molar-refractivity contribution in [3.05, 3.63) is 34.7 Å². The van der Waals surface area contributed by atoms with E-state index in [0.29, 0.717) is 0 Å². The van der Waals surface area contributed by atoms with Crippen LogP contribution in [0, 0.1) is 0 Å². The monoisotopic (exact) mass is 131 g/mol. The zero-order valence-electron chi connectivity index (χ0n) is 4.72. The fourth-order valence-corrected chi connectivity index (χ4v) is 0.377. The SMILES string of the molecule is O.O.O=c1cccc[nH]1. The molecule has 4 heteroatoms. The molecule has 52 valence electrons. The molecule has 0 bridgehead atoms. The summed E-state index contributed by atoms with van der Waals surface area (Å²) in [7, 11) is 0. The average Bonchev–Trinajstić information content (AvgIpc) is 1.69. The second-order valence-electron chi connectivity index (χ2n) is 1.23. The lowest BCUT2D eigenvalue weighted by Crippen LogP contribution is -1.98. The second-order valence-corrected chi connectivity index (χ2v) is 1.23. The Kier molecular flexibility index (Phi) is 6.01. The number of hydrogen-bond donors (Lipinski definition) is 1. The van der Waals surface area contributed by atoms with E-state index in [1.165, 1.54) is 6.07 Å². The fraction of sp³-hybridized carbons (Fsp3) is 0. The lowest BCUT2D eigenvalue weighted by atomic mass is 10.5. The Balaban J connectivity index is 0. The maximum atomic E-state index is 10.2. The van der Waals surface area contributed by atoms with E-state index in [4.69, 9.17) is 0 Å². The van der Waals surface area contributed by atoms with Gasteiger partial charge in [-0.25, -0.2) is 0 Å². The van der Waals surface area contributed by atoms with Gasteiger partial charge in [-0.3, -0.25) is 4.79 Å². The molecule has 0 saturated carbocycles. The van der Waals surface area contributed by atoms with E-state index in [1.54, 1.807) is 18.3 Å². The molecule has 0 spiro atoms. The summed E-state index contributed by atoms with van der Waals surface area (Å²) in [6.07, 6.45) is 1.60. The number of aromatic amines is 1. The van der Waals surface area contributed by atoms with Crippen molar-refractivity contribution in [1.82, 2.24) is 4.98 Å². The Morgan fingerprint density at radius 3 is 2.11 bits per heavy atom. The predicted molar refractivity (Wildman–Crippen MR) is 34.3 cm³/mol. The van der Waals surface area contributed by atoms with Crippen molar-refractivity contribution in [2.24, 2.45) is 0 Å². The molecular formula is C5H9NO3. The van der Waals surface area contributed by atoms with Crippen molar-refractivity contribution in [2.45, 2.75) is 0 Å². The van der Waals surface area contributed by atoms with Crippen LogP contribution in [0.25, 0.3) is 0 Å². The van der Waals surface area contributed by atoms with Crippen LogP contribution >= 0.6 is 0 Å². The summed E-state index contributed by atoms with van der Waals surface area (Å²) in [6.45, 7) is 0. The first kappa shape index (κ1) is 10.8. The molecule has 1 rings (SSSR count). The summed E-state index contributed by atoms with van der Waals surface area (Å²) < 4.78 is 0. The highest BCUT2D eigenvalue weighted by molar-refractivity contribution is 4.89. The number of H-pyrrole nitrogens is 1. The number of rotatable bonds is 0. The third kappa shape index (κ3) is 3.45. The first-order valence-electron chi connectivity index (χ1n) is 2.03. The van der Waals surface area contributed by atoms with Crippen LogP contribution in [0.4, 0.5) is 0 Å². The van der Waals surface area contributed by atoms with Gasteiger partial charge in [0.05, 0.1) is 0 Å². The molecule has 1 aromatic heterocycles. The molecule has 5 N–H and O–H groups in total. The highest BCUT2D eigenvalue weighted by atomic mass is 16.1. The van der Waals surface area contributed by atoms with Gasteiger partial charge >= 0.3 is 0 Å². The molecule has 0 saturated heterocycles. The number of hydrogen-bond acceptors (Lipinski definition) is 1. The Bertz CT molecular complexity index is 178. The Morgan fingerprint density at radius 1 is 1.22 bits per heavy atom. The number of pyridine rings is 1. The third-order valence-corrected chi connectivity index (χ3v) is 0.681. The number of nitrogens with one attached hydrogen (secondary N) is 1. The van der Waals surface area contributed by atoms with E-state index in [-0.39, 0.29) is 16.5 Å². The van der Waals surface area contributed by atoms with Crippen LogP contribution in [0.2, 0.25) is 0 Å². The minimum absolute atomic E-state index is 0. The molecule has 0 aliphatic heterocycles. The lowest BCUT2D eigenvalue weighted by molar-refractivity contribution is 0.823. The minimum Gasteiger partial charge on any atom is -0.412 e. The molecule has 0 fully saturated rings. The third-order valence-electron chi connectivity index (χ3n) is 0.681. The lowest BCUT2D eigenvalue weighted by Gasteiger charge is -1.73. The van der Waals surface area contributed by atoms with E-state index in [1.807, 2.05) is 0 Å². The average molecular weight is 131 g/mol. The van der Waals surface area contributed by atoms with Crippen molar-refractivity contribution in [3.63, 3.8) is 0 Å². The molecule has 4 nitrogen and oxygen atoms in total. The van der Waals surface area contributed by atoms with E-state index < -0.39 is 0 Å². The molecule has 9 heavy (non-hydrogen) atoms. The van der Waals surface area contributed by atoms with Crippen LogP contribution < -0.4 is 5.56 Å². The van der Waals surface area contributed by atoms with Crippen molar-refractivity contribution >= 4 is 0 Å².